The molecule has 0 aliphatic rings. The first-order valence-electron chi connectivity index (χ1n) is 9.65. The average Bonchev–Trinajstić information content (AvgIpc) is 3.21. The van der Waals surface area contributed by atoms with Crippen molar-refractivity contribution in [3.63, 3.8) is 0 Å². The van der Waals surface area contributed by atoms with Gasteiger partial charge in [0.05, 0.1) is 11.7 Å². The monoisotopic (exact) mass is 382 g/mol. The molecular formula is C25H22N2S. The van der Waals surface area contributed by atoms with E-state index >= 15 is 0 Å². The van der Waals surface area contributed by atoms with Crippen LogP contribution in [0.1, 0.15) is 37.0 Å². The number of fused-ring (bicyclic) bond motifs is 1. The molecule has 0 N–H and O–H groups in total. The zero-order valence-corrected chi connectivity index (χ0v) is 17.0. The van der Waals surface area contributed by atoms with Gasteiger partial charge in [0.15, 0.2) is 0 Å². The van der Waals surface area contributed by atoms with E-state index in [1.165, 1.54) is 34.8 Å². The van der Waals surface area contributed by atoms with Gasteiger partial charge in [0.25, 0.3) is 0 Å². The molecule has 4 rings (SSSR count). The van der Waals surface area contributed by atoms with Crippen LogP contribution in [-0.4, -0.2) is 8.75 Å². The fraction of sp³-hybridized carbons (Fsp3) is 0.200. The molecule has 0 saturated heterocycles. The van der Waals surface area contributed by atoms with Crippen molar-refractivity contribution in [2.75, 3.05) is 0 Å². The van der Waals surface area contributed by atoms with E-state index in [0.29, 0.717) is 0 Å². The van der Waals surface area contributed by atoms with Crippen LogP contribution in [0.2, 0.25) is 0 Å². The lowest BCUT2D eigenvalue weighted by Crippen LogP contribution is -1.97. The number of hydrogen-bond acceptors (Lipinski definition) is 3. The summed E-state index contributed by atoms with van der Waals surface area (Å²) in [6.07, 6.45) is 2.37. The summed E-state index contributed by atoms with van der Waals surface area (Å²) < 4.78 is 8.49. The van der Waals surface area contributed by atoms with Crippen molar-refractivity contribution in [2.45, 2.75) is 26.7 Å². The topological polar surface area (TPSA) is 25.8 Å². The van der Waals surface area contributed by atoms with E-state index in [9.17, 15) is 0 Å². The van der Waals surface area contributed by atoms with Gasteiger partial charge < -0.3 is 0 Å². The Morgan fingerprint density at radius 1 is 0.786 bits per heavy atom. The predicted octanol–water partition coefficient (Wildman–Crippen LogP) is 6.35. The second kappa shape index (κ2) is 8.37. The minimum atomic E-state index is 0.733. The summed E-state index contributed by atoms with van der Waals surface area (Å²) in [7, 11) is 0. The molecular weight excluding hydrogens is 360 g/mol. The van der Waals surface area contributed by atoms with E-state index in [0.717, 1.165) is 34.5 Å². The molecule has 28 heavy (non-hydrogen) atoms. The van der Waals surface area contributed by atoms with Crippen molar-refractivity contribution in [3.05, 3.63) is 83.4 Å². The highest BCUT2D eigenvalue weighted by atomic mass is 32.1. The number of nitrogens with zero attached hydrogens (tertiary/aromatic N) is 2. The first-order chi connectivity index (χ1) is 13.7. The second-order valence-corrected chi connectivity index (χ2v) is 7.74. The molecule has 1 aromatic heterocycles. The second-order valence-electron chi connectivity index (χ2n) is 7.21. The number of hydrogen-bond donors (Lipinski definition) is 0. The Morgan fingerprint density at radius 3 is 2.11 bits per heavy atom. The van der Waals surface area contributed by atoms with Gasteiger partial charge in [-0.15, -0.1) is 0 Å². The van der Waals surface area contributed by atoms with Crippen molar-refractivity contribution in [1.29, 1.82) is 0 Å². The zero-order chi connectivity index (χ0) is 19.3. The molecule has 1 heterocycles. The van der Waals surface area contributed by atoms with Crippen molar-refractivity contribution in [3.8, 4) is 23.0 Å². The van der Waals surface area contributed by atoms with Crippen LogP contribution in [0, 0.1) is 17.8 Å². The number of rotatable bonds is 4. The SMILES string of the molecule is CCC(C)Cc1ccc(-c2ccc(C#Cc3ccc4nsnc4c3)cc2)cc1. The van der Waals surface area contributed by atoms with Crippen LogP contribution in [0.5, 0.6) is 0 Å². The molecule has 3 aromatic carbocycles. The van der Waals surface area contributed by atoms with Crippen LogP contribution < -0.4 is 0 Å². The van der Waals surface area contributed by atoms with Crippen molar-refractivity contribution < 1.29 is 0 Å². The summed E-state index contributed by atoms with van der Waals surface area (Å²) in [6, 6.07) is 23.3. The summed E-state index contributed by atoms with van der Waals surface area (Å²) >= 11 is 1.23. The molecule has 4 aromatic rings. The van der Waals surface area contributed by atoms with E-state index < -0.39 is 0 Å². The van der Waals surface area contributed by atoms with E-state index in [1.807, 2.05) is 18.2 Å². The molecule has 0 aliphatic carbocycles. The van der Waals surface area contributed by atoms with E-state index in [2.05, 4.69) is 83.0 Å². The quantitative estimate of drug-likeness (QED) is 0.385. The molecule has 1 atom stereocenters. The molecule has 0 radical (unpaired) electrons. The van der Waals surface area contributed by atoms with Gasteiger partial charge in [-0.1, -0.05) is 68.5 Å². The van der Waals surface area contributed by atoms with Gasteiger partial charge in [0.2, 0.25) is 0 Å². The molecule has 0 fully saturated rings. The summed E-state index contributed by atoms with van der Waals surface area (Å²) in [5.74, 6) is 7.19. The molecule has 3 heteroatoms. The third-order valence-corrected chi connectivity index (χ3v) is 5.61. The highest BCUT2D eigenvalue weighted by Gasteiger charge is 2.03. The van der Waals surface area contributed by atoms with E-state index in [4.69, 9.17) is 0 Å². The van der Waals surface area contributed by atoms with Gasteiger partial charge in [-0.2, -0.15) is 8.75 Å². The van der Waals surface area contributed by atoms with Gasteiger partial charge in [-0.3, -0.25) is 0 Å². The van der Waals surface area contributed by atoms with Gasteiger partial charge in [-0.25, -0.2) is 0 Å². The maximum atomic E-state index is 4.27. The summed E-state index contributed by atoms with van der Waals surface area (Å²) in [4.78, 5) is 0. The molecule has 1 unspecified atom stereocenters. The van der Waals surface area contributed by atoms with Crippen molar-refractivity contribution in [1.82, 2.24) is 8.75 Å². The first-order valence-corrected chi connectivity index (χ1v) is 10.4. The minimum absolute atomic E-state index is 0.733. The Bertz CT molecular complexity index is 1130. The number of benzene rings is 3. The van der Waals surface area contributed by atoms with E-state index in [1.54, 1.807) is 0 Å². The normalized spacial score (nSPS) is 11.8. The van der Waals surface area contributed by atoms with Crippen LogP contribution in [0.3, 0.4) is 0 Å². The summed E-state index contributed by atoms with van der Waals surface area (Å²) in [5.41, 5.74) is 7.67. The van der Waals surface area contributed by atoms with E-state index in [-0.39, 0.29) is 0 Å². The molecule has 2 nitrogen and oxygen atoms in total. The van der Waals surface area contributed by atoms with Gasteiger partial charge >= 0.3 is 0 Å². The zero-order valence-electron chi connectivity index (χ0n) is 16.1. The van der Waals surface area contributed by atoms with Crippen LogP contribution in [-0.2, 0) is 6.42 Å². The Morgan fingerprint density at radius 2 is 1.39 bits per heavy atom. The lowest BCUT2D eigenvalue weighted by Gasteiger charge is -2.09. The molecule has 0 amide bonds. The summed E-state index contributed by atoms with van der Waals surface area (Å²) in [6.45, 7) is 4.55. The van der Waals surface area contributed by atoms with Crippen LogP contribution >= 0.6 is 11.7 Å². The van der Waals surface area contributed by atoms with Crippen LogP contribution in [0.4, 0.5) is 0 Å². The largest absolute Gasteiger partial charge is 0.173 e. The molecule has 0 bridgehead atoms. The lowest BCUT2D eigenvalue weighted by molar-refractivity contribution is 0.560. The maximum absolute atomic E-state index is 4.27. The fourth-order valence-electron chi connectivity index (χ4n) is 3.13. The molecule has 0 saturated carbocycles. The molecule has 138 valence electrons. The number of aromatic nitrogens is 2. The maximum Gasteiger partial charge on any atom is 0.106 e. The third kappa shape index (κ3) is 4.30. The van der Waals surface area contributed by atoms with Gasteiger partial charge in [0, 0.05) is 11.1 Å². The minimum Gasteiger partial charge on any atom is -0.173 e. The Labute approximate surface area is 170 Å². The highest BCUT2D eigenvalue weighted by Crippen LogP contribution is 2.22. The molecule has 0 spiro atoms. The average molecular weight is 383 g/mol. The smallest absolute Gasteiger partial charge is 0.106 e. The van der Waals surface area contributed by atoms with Crippen molar-refractivity contribution in [2.24, 2.45) is 5.92 Å². The van der Waals surface area contributed by atoms with Gasteiger partial charge in [0.1, 0.15) is 11.0 Å². The summed E-state index contributed by atoms with van der Waals surface area (Å²) in [5, 5.41) is 0. The first kappa shape index (κ1) is 18.4. The van der Waals surface area contributed by atoms with Crippen molar-refractivity contribution >= 4 is 22.8 Å². The Balaban J connectivity index is 1.48. The fourth-order valence-corrected chi connectivity index (χ4v) is 3.65. The Hall–Kier alpha value is -2.96. The molecule has 0 aliphatic heterocycles. The highest BCUT2D eigenvalue weighted by molar-refractivity contribution is 7.00. The predicted molar refractivity (Wildman–Crippen MR) is 118 cm³/mol. The van der Waals surface area contributed by atoms with Gasteiger partial charge in [-0.05, 0) is 59.4 Å². The third-order valence-electron chi connectivity index (χ3n) is 5.06. The lowest BCUT2D eigenvalue weighted by atomic mass is 9.96. The standard InChI is InChI=1S/C25H22N2S/c1-3-18(2)16-20-8-13-23(14-9-20)22-11-6-19(7-12-22)4-5-21-10-15-24-25(17-21)27-28-26-24/h6-15,17-18H,3,16H2,1-2H3. The van der Waals surface area contributed by atoms with Crippen LogP contribution in [0.15, 0.2) is 66.7 Å². The Kier molecular flexibility index (Phi) is 5.50. The van der Waals surface area contributed by atoms with Crippen LogP contribution in [0.25, 0.3) is 22.2 Å².